The number of halogens is 3. The number of para-hydroxylation sites is 1. The normalized spacial score (nSPS) is 21.9. The maximum atomic E-state index is 13.4. The molecule has 1 aliphatic heterocycles. The van der Waals surface area contributed by atoms with Gasteiger partial charge in [0, 0.05) is 29.6 Å². The first-order chi connectivity index (χ1) is 14.5. The first-order valence-corrected chi connectivity index (χ1v) is 10.7. The molecule has 1 saturated carbocycles. The molecular formula is C23H27F3N2O3. The van der Waals surface area contributed by atoms with E-state index in [4.69, 9.17) is 4.74 Å². The summed E-state index contributed by atoms with van der Waals surface area (Å²) in [5.74, 6) is -2.14. The van der Waals surface area contributed by atoms with Gasteiger partial charge in [-0.3, -0.25) is 4.79 Å². The Balaban J connectivity index is 1.89. The standard InChI is InChI=1S/C23H27F3N2O3/c1-22(2,3)31-21(30)28-18-11-7-4-8-14(18)15-12-13-27(20(29)23(24,25)26)17-10-6-5-9-16(17)19(15)28/h4,7-8,11,16-17H,5-6,9-10,12-13H2,1-3H3/t16-,17-/m1/s1. The second-order valence-electron chi connectivity index (χ2n) is 9.40. The fourth-order valence-corrected chi connectivity index (χ4v) is 5.10. The van der Waals surface area contributed by atoms with Crippen LogP contribution in [0.25, 0.3) is 10.9 Å². The summed E-state index contributed by atoms with van der Waals surface area (Å²) in [4.78, 5) is 26.5. The SMILES string of the molecule is CC(C)(C)OC(=O)n1c2c(c3ccccc31)CCN(C(=O)C(F)(F)F)[C@@H]1CCCC[C@@H]21. The average molecular weight is 436 g/mol. The van der Waals surface area contributed by atoms with Crippen molar-refractivity contribution in [1.82, 2.24) is 9.47 Å². The summed E-state index contributed by atoms with van der Waals surface area (Å²) in [6.45, 7) is 5.32. The van der Waals surface area contributed by atoms with E-state index in [1.165, 1.54) is 0 Å². The number of ether oxygens (including phenoxy) is 1. The predicted octanol–water partition coefficient (Wildman–Crippen LogP) is 5.40. The molecule has 168 valence electrons. The fourth-order valence-electron chi connectivity index (χ4n) is 5.10. The first-order valence-electron chi connectivity index (χ1n) is 10.7. The number of hydrogen-bond donors (Lipinski definition) is 0. The molecule has 0 saturated heterocycles. The number of rotatable bonds is 0. The van der Waals surface area contributed by atoms with E-state index >= 15 is 0 Å². The molecule has 2 atom stereocenters. The molecular weight excluding hydrogens is 409 g/mol. The Morgan fingerprint density at radius 1 is 1.06 bits per heavy atom. The molecule has 1 aromatic carbocycles. The largest absolute Gasteiger partial charge is 0.471 e. The molecule has 0 N–H and O–H groups in total. The number of nitrogens with zero attached hydrogens (tertiary/aromatic N) is 2. The van der Waals surface area contributed by atoms with Crippen molar-refractivity contribution in [1.29, 1.82) is 0 Å². The Morgan fingerprint density at radius 2 is 1.74 bits per heavy atom. The van der Waals surface area contributed by atoms with Crippen molar-refractivity contribution in [3.63, 3.8) is 0 Å². The number of carbonyl (C=O) groups is 2. The summed E-state index contributed by atoms with van der Waals surface area (Å²) in [7, 11) is 0. The van der Waals surface area contributed by atoms with Gasteiger partial charge < -0.3 is 9.64 Å². The lowest BCUT2D eigenvalue weighted by Gasteiger charge is -2.39. The number of hydrogen-bond acceptors (Lipinski definition) is 3. The van der Waals surface area contributed by atoms with Crippen LogP contribution in [0.5, 0.6) is 0 Å². The molecule has 0 unspecified atom stereocenters. The smallest absolute Gasteiger partial charge is 0.443 e. The lowest BCUT2D eigenvalue weighted by molar-refractivity contribution is -0.188. The maximum Gasteiger partial charge on any atom is 0.471 e. The second-order valence-corrected chi connectivity index (χ2v) is 9.40. The van der Waals surface area contributed by atoms with Gasteiger partial charge in [-0.25, -0.2) is 9.36 Å². The van der Waals surface area contributed by atoms with Crippen LogP contribution >= 0.6 is 0 Å². The number of benzene rings is 1. The van der Waals surface area contributed by atoms with Crippen LogP contribution in [-0.2, 0) is 16.0 Å². The van der Waals surface area contributed by atoms with Crippen LogP contribution in [0.15, 0.2) is 24.3 Å². The molecule has 2 aromatic rings. The molecule has 0 bridgehead atoms. The minimum absolute atomic E-state index is 0.0190. The quantitative estimate of drug-likeness (QED) is 0.556. The number of carbonyl (C=O) groups excluding carboxylic acids is 2. The molecule has 31 heavy (non-hydrogen) atoms. The van der Waals surface area contributed by atoms with E-state index in [2.05, 4.69) is 0 Å². The van der Waals surface area contributed by atoms with Gasteiger partial charge in [0.25, 0.3) is 0 Å². The first kappa shape index (κ1) is 21.7. The Bertz CT molecular complexity index is 1020. The van der Waals surface area contributed by atoms with Gasteiger partial charge in [0.15, 0.2) is 0 Å². The van der Waals surface area contributed by atoms with Gasteiger partial charge in [-0.2, -0.15) is 13.2 Å². The topological polar surface area (TPSA) is 51.5 Å². The van der Waals surface area contributed by atoms with Crippen molar-refractivity contribution in [2.75, 3.05) is 6.54 Å². The Kier molecular flexibility index (Phi) is 5.30. The number of fused-ring (bicyclic) bond motifs is 5. The zero-order chi connectivity index (χ0) is 22.6. The van der Waals surface area contributed by atoms with E-state index < -0.39 is 29.8 Å². The lowest BCUT2D eigenvalue weighted by atomic mass is 9.81. The lowest BCUT2D eigenvalue weighted by Crippen LogP contribution is -2.50. The highest BCUT2D eigenvalue weighted by Crippen LogP contribution is 2.44. The van der Waals surface area contributed by atoms with E-state index in [-0.39, 0.29) is 18.9 Å². The molecule has 1 fully saturated rings. The Hall–Kier alpha value is -2.51. The highest BCUT2D eigenvalue weighted by Gasteiger charge is 2.48. The third-order valence-corrected chi connectivity index (χ3v) is 6.18. The molecule has 8 heteroatoms. The van der Waals surface area contributed by atoms with Gasteiger partial charge in [0.2, 0.25) is 0 Å². The monoisotopic (exact) mass is 436 g/mol. The van der Waals surface area contributed by atoms with Crippen molar-refractivity contribution < 1.29 is 27.5 Å². The fraction of sp³-hybridized carbons (Fsp3) is 0.565. The Labute approximate surface area is 179 Å². The minimum atomic E-state index is -4.92. The molecule has 4 rings (SSSR count). The van der Waals surface area contributed by atoms with E-state index in [1.54, 1.807) is 25.3 Å². The summed E-state index contributed by atoms with van der Waals surface area (Å²) >= 11 is 0. The maximum absolute atomic E-state index is 13.4. The molecule has 0 spiro atoms. The van der Waals surface area contributed by atoms with Crippen LogP contribution in [0.4, 0.5) is 18.0 Å². The third kappa shape index (κ3) is 3.92. The van der Waals surface area contributed by atoms with Crippen molar-refractivity contribution in [3.8, 4) is 0 Å². The van der Waals surface area contributed by atoms with E-state index in [1.807, 2.05) is 24.3 Å². The highest BCUT2D eigenvalue weighted by atomic mass is 19.4. The summed E-state index contributed by atoms with van der Waals surface area (Å²) in [5.41, 5.74) is 1.53. The third-order valence-electron chi connectivity index (χ3n) is 6.18. The molecule has 0 radical (unpaired) electrons. The molecule has 1 amide bonds. The van der Waals surface area contributed by atoms with Crippen molar-refractivity contribution in [2.45, 2.75) is 76.6 Å². The van der Waals surface area contributed by atoms with Crippen LogP contribution in [0.1, 0.15) is 63.6 Å². The summed E-state index contributed by atoms with van der Waals surface area (Å²) in [6, 6.07) is 6.82. The van der Waals surface area contributed by atoms with E-state index in [0.717, 1.165) is 28.7 Å². The number of alkyl halides is 3. The van der Waals surface area contributed by atoms with Gasteiger partial charge in [-0.15, -0.1) is 0 Å². The van der Waals surface area contributed by atoms with Crippen LogP contribution in [0.2, 0.25) is 0 Å². The van der Waals surface area contributed by atoms with Gasteiger partial charge >= 0.3 is 18.2 Å². The molecule has 1 aliphatic carbocycles. The summed E-state index contributed by atoms with van der Waals surface area (Å²) in [5, 5.41) is 0.828. The van der Waals surface area contributed by atoms with Crippen LogP contribution < -0.4 is 0 Å². The van der Waals surface area contributed by atoms with Gasteiger partial charge in [-0.05, 0) is 51.7 Å². The highest BCUT2D eigenvalue weighted by molar-refractivity contribution is 5.94. The Morgan fingerprint density at radius 3 is 2.42 bits per heavy atom. The molecule has 2 heterocycles. The second kappa shape index (κ2) is 7.57. The van der Waals surface area contributed by atoms with Crippen LogP contribution in [-0.4, -0.2) is 45.8 Å². The predicted molar refractivity (Wildman–Crippen MR) is 110 cm³/mol. The molecule has 1 aromatic heterocycles. The minimum Gasteiger partial charge on any atom is -0.443 e. The van der Waals surface area contributed by atoms with Crippen molar-refractivity contribution in [3.05, 3.63) is 35.5 Å². The van der Waals surface area contributed by atoms with Gasteiger partial charge in [-0.1, -0.05) is 31.0 Å². The van der Waals surface area contributed by atoms with Gasteiger partial charge in [0.1, 0.15) is 5.60 Å². The molecule has 2 aliphatic rings. The zero-order valence-electron chi connectivity index (χ0n) is 18.0. The number of amides is 1. The van der Waals surface area contributed by atoms with Crippen molar-refractivity contribution in [2.24, 2.45) is 0 Å². The summed E-state index contributed by atoms with van der Waals surface area (Å²) in [6.07, 6.45) is -2.49. The van der Waals surface area contributed by atoms with Crippen LogP contribution in [0, 0.1) is 0 Å². The van der Waals surface area contributed by atoms with E-state index in [9.17, 15) is 22.8 Å². The zero-order valence-corrected chi connectivity index (χ0v) is 18.0. The van der Waals surface area contributed by atoms with Gasteiger partial charge in [0.05, 0.1) is 5.52 Å². The van der Waals surface area contributed by atoms with E-state index in [0.29, 0.717) is 24.1 Å². The molecule has 5 nitrogen and oxygen atoms in total. The number of aromatic nitrogens is 1. The van der Waals surface area contributed by atoms with Crippen LogP contribution in [0.3, 0.4) is 0 Å². The van der Waals surface area contributed by atoms with Crippen molar-refractivity contribution >= 4 is 22.9 Å². The summed E-state index contributed by atoms with van der Waals surface area (Å²) < 4.78 is 47.3. The average Bonchev–Trinajstić information content (AvgIpc) is 2.91.